The van der Waals surface area contributed by atoms with Gasteiger partial charge in [0.2, 0.25) is 0 Å². The second-order valence-corrected chi connectivity index (χ2v) is 6.48. The number of amides is 1. The number of hydrogen-bond donors (Lipinski definition) is 1. The van der Waals surface area contributed by atoms with Gasteiger partial charge in [-0.15, -0.1) is 5.10 Å². The van der Waals surface area contributed by atoms with Crippen LogP contribution in [-0.4, -0.2) is 47.3 Å². The molecule has 4 aromatic rings. The predicted molar refractivity (Wildman–Crippen MR) is 96.5 cm³/mol. The van der Waals surface area contributed by atoms with Gasteiger partial charge in [-0.2, -0.15) is 21.4 Å². The molecule has 0 aliphatic rings. The summed E-state index contributed by atoms with van der Waals surface area (Å²) in [5.41, 5.74) is 2.60. The van der Waals surface area contributed by atoms with E-state index in [9.17, 15) is 4.79 Å². The van der Waals surface area contributed by atoms with Crippen LogP contribution in [0, 0.1) is 0 Å². The molecule has 0 unspecified atom stereocenters. The molecular weight excluding hydrogens is 368 g/mol. The van der Waals surface area contributed by atoms with E-state index >= 15 is 0 Å². The molecule has 10 nitrogen and oxygen atoms in total. The van der Waals surface area contributed by atoms with Crippen LogP contribution in [-0.2, 0) is 17.7 Å². The number of fused-ring (bicyclic) bond motifs is 1. The van der Waals surface area contributed by atoms with Crippen molar-refractivity contribution < 1.29 is 9.53 Å². The summed E-state index contributed by atoms with van der Waals surface area (Å²) in [6.07, 6.45) is 7.78. The van der Waals surface area contributed by atoms with Gasteiger partial charge in [-0.05, 0) is 29.9 Å². The van der Waals surface area contributed by atoms with Crippen LogP contribution < -0.4 is 5.32 Å². The Hall–Kier alpha value is -3.34. The number of aryl methyl sites for hydroxylation is 1. The van der Waals surface area contributed by atoms with E-state index in [1.165, 1.54) is 6.33 Å². The smallest absolute Gasteiger partial charge is 0.407 e. The Kier molecular flexibility index (Phi) is 5.01. The molecule has 0 fully saturated rings. The Morgan fingerprint density at radius 3 is 3.15 bits per heavy atom. The van der Waals surface area contributed by atoms with Crippen LogP contribution in [0.5, 0.6) is 0 Å². The number of nitrogens with zero attached hydrogens (tertiary/aromatic N) is 7. The van der Waals surface area contributed by atoms with Crippen LogP contribution in [0.15, 0.2) is 41.7 Å². The Morgan fingerprint density at radius 1 is 1.30 bits per heavy atom. The molecule has 0 aliphatic carbocycles. The van der Waals surface area contributed by atoms with Gasteiger partial charge in [-0.25, -0.2) is 19.0 Å². The largest absolute Gasteiger partial charge is 0.450 e. The zero-order chi connectivity index (χ0) is 18.5. The second kappa shape index (κ2) is 7.91. The number of alkyl carbamates (subject to hydrolysis) is 1. The lowest BCUT2D eigenvalue weighted by Crippen LogP contribution is -2.24. The highest BCUT2D eigenvalue weighted by Crippen LogP contribution is 2.10. The summed E-state index contributed by atoms with van der Waals surface area (Å²) in [6, 6.07) is 1.95. The zero-order valence-corrected chi connectivity index (χ0v) is 15.0. The maximum atomic E-state index is 11.8. The van der Waals surface area contributed by atoms with E-state index in [4.69, 9.17) is 4.74 Å². The van der Waals surface area contributed by atoms with Crippen LogP contribution >= 0.6 is 11.3 Å². The molecular formula is C16H16N8O2S. The first-order chi connectivity index (χ1) is 13.3. The number of aromatic nitrogens is 7. The fraction of sp³-hybridized carbons (Fsp3) is 0.250. The Bertz CT molecular complexity index is 1030. The molecule has 0 saturated carbocycles. The molecule has 4 aromatic heterocycles. The van der Waals surface area contributed by atoms with Gasteiger partial charge in [0.25, 0.3) is 5.78 Å². The third-order valence-corrected chi connectivity index (χ3v) is 4.43. The van der Waals surface area contributed by atoms with Gasteiger partial charge in [0.05, 0.1) is 25.0 Å². The van der Waals surface area contributed by atoms with Gasteiger partial charge in [-0.1, -0.05) is 5.21 Å². The normalized spacial score (nSPS) is 11.0. The molecule has 138 valence electrons. The fourth-order valence-electron chi connectivity index (χ4n) is 2.44. The Morgan fingerprint density at radius 2 is 2.26 bits per heavy atom. The molecule has 0 aliphatic heterocycles. The van der Waals surface area contributed by atoms with Crippen molar-refractivity contribution in [1.82, 2.24) is 39.9 Å². The first kappa shape index (κ1) is 17.1. The summed E-state index contributed by atoms with van der Waals surface area (Å²) < 4.78 is 8.46. The van der Waals surface area contributed by atoms with E-state index in [1.54, 1.807) is 32.9 Å². The van der Waals surface area contributed by atoms with Gasteiger partial charge in [-0.3, -0.25) is 0 Å². The first-order valence-electron chi connectivity index (χ1n) is 8.26. The molecule has 4 rings (SSSR count). The highest BCUT2D eigenvalue weighted by molar-refractivity contribution is 7.08. The standard InChI is InChI=1S/C16H16N8O2S/c25-16(18-7-13-9-23(22-21-13)14-3-5-27-10-14)26-4-1-2-12-6-17-15-19-11-20-24(15)8-12/h3,5-6,8-11H,1-2,4,7H2,(H,18,25). The first-order valence-corrected chi connectivity index (χ1v) is 9.21. The monoisotopic (exact) mass is 384 g/mol. The predicted octanol–water partition coefficient (Wildman–Crippen LogP) is 1.63. The van der Waals surface area contributed by atoms with E-state index < -0.39 is 6.09 Å². The molecule has 4 heterocycles. The van der Waals surface area contributed by atoms with Crippen molar-refractivity contribution in [2.24, 2.45) is 0 Å². The molecule has 0 bridgehead atoms. The number of carbonyl (C=O) groups excluding carboxylic acids is 1. The van der Waals surface area contributed by atoms with Crippen molar-refractivity contribution in [1.29, 1.82) is 0 Å². The minimum atomic E-state index is -0.482. The SMILES string of the molecule is O=C(NCc1cn(-c2ccsc2)nn1)OCCCc1cnc2ncnn2c1. The van der Waals surface area contributed by atoms with Crippen LogP contribution in [0.2, 0.25) is 0 Å². The fourth-order valence-corrected chi connectivity index (χ4v) is 3.06. The molecule has 0 spiro atoms. The van der Waals surface area contributed by atoms with Crippen molar-refractivity contribution in [3.8, 4) is 5.69 Å². The Labute approximate surface area is 157 Å². The quantitative estimate of drug-likeness (QED) is 0.482. The van der Waals surface area contributed by atoms with Gasteiger partial charge in [0, 0.05) is 17.8 Å². The summed E-state index contributed by atoms with van der Waals surface area (Å²) in [7, 11) is 0. The third kappa shape index (κ3) is 4.26. The van der Waals surface area contributed by atoms with Crippen LogP contribution in [0.3, 0.4) is 0 Å². The Balaban J connectivity index is 1.17. The van der Waals surface area contributed by atoms with E-state index in [0.29, 0.717) is 24.5 Å². The van der Waals surface area contributed by atoms with Crippen molar-refractivity contribution in [3.63, 3.8) is 0 Å². The van der Waals surface area contributed by atoms with Crippen LogP contribution in [0.4, 0.5) is 4.79 Å². The number of thiophene rings is 1. The minimum absolute atomic E-state index is 0.260. The number of carbonyl (C=O) groups is 1. The van der Waals surface area contributed by atoms with Gasteiger partial charge >= 0.3 is 6.09 Å². The zero-order valence-electron chi connectivity index (χ0n) is 14.2. The van der Waals surface area contributed by atoms with Gasteiger partial charge in [0.1, 0.15) is 12.0 Å². The van der Waals surface area contributed by atoms with E-state index in [0.717, 1.165) is 17.7 Å². The van der Waals surface area contributed by atoms with E-state index in [1.807, 2.05) is 23.0 Å². The summed E-state index contributed by atoms with van der Waals surface area (Å²) in [5.74, 6) is 0.560. The van der Waals surface area contributed by atoms with Crippen LogP contribution in [0.1, 0.15) is 17.7 Å². The minimum Gasteiger partial charge on any atom is -0.450 e. The molecule has 0 radical (unpaired) electrons. The lowest BCUT2D eigenvalue weighted by Gasteiger charge is -2.06. The lowest BCUT2D eigenvalue weighted by atomic mass is 10.2. The number of rotatable bonds is 7. The number of ether oxygens (including phenoxy) is 1. The summed E-state index contributed by atoms with van der Waals surface area (Å²) >= 11 is 1.58. The van der Waals surface area contributed by atoms with E-state index in [-0.39, 0.29) is 6.54 Å². The molecule has 1 N–H and O–H groups in total. The number of nitrogens with one attached hydrogen (secondary N) is 1. The second-order valence-electron chi connectivity index (χ2n) is 5.70. The maximum Gasteiger partial charge on any atom is 0.407 e. The summed E-state index contributed by atoms with van der Waals surface area (Å²) in [4.78, 5) is 20.0. The van der Waals surface area contributed by atoms with Gasteiger partial charge in [0.15, 0.2) is 0 Å². The van der Waals surface area contributed by atoms with Crippen LogP contribution in [0.25, 0.3) is 11.5 Å². The summed E-state index contributed by atoms with van der Waals surface area (Å²) in [6.45, 7) is 0.568. The summed E-state index contributed by atoms with van der Waals surface area (Å²) in [5, 5.41) is 18.7. The van der Waals surface area contributed by atoms with Crippen molar-refractivity contribution in [3.05, 3.63) is 53.0 Å². The molecule has 27 heavy (non-hydrogen) atoms. The van der Waals surface area contributed by atoms with Crippen molar-refractivity contribution in [2.75, 3.05) is 6.61 Å². The maximum absolute atomic E-state index is 11.8. The number of hydrogen-bond acceptors (Lipinski definition) is 8. The van der Waals surface area contributed by atoms with Crippen molar-refractivity contribution in [2.45, 2.75) is 19.4 Å². The van der Waals surface area contributed by atoms with Crippen molar-refractivity contribution >= 4 is 23.2 Å². The molecule has 0 saturated heterocycles. The lowest BCUT2D eigenvalue weighted by molar-refractivity contribution is 0.144. The van der Waals surface area contributed by atoms with E-state index in [2.05, 4.69) is 30.7 Å². The average molecular weight is 384 g/mol. The molecule has 0 aromatic carbocycles. The topological polar surface area (TPSA) is 112 Å². The molecule has 0 atom stereocenters. The third-order valence-electron chi connectivity index (χ3n) is 3.76. The molecule has 1 amide bonds. The highest BCUT2D eigenvalue weighted by atomic mass is 32.1. The highest BCUT2D eigenvalue weighted by Gasteiger charge is 2.07. The van der Waals surface area contributed by atoms with Gasteiger partial charge < -0.3 is 10.1 Å². The average Bonchev–Trinajstić information content (AvgIpc) is 3.44. The molecule has 11 heteroatoms.